The van der Waals surface area contributed by atoms with Crippen molar-refractivity contribution in [1.82, 2.24) is 15.3 Å². The molecule has 1 aliphatic rings. The Hall–Kier alpha value is -3.06. The van der Waals surface area contributed by atoms with Gasteiger partial charge in [0.15, 0.2) is 0 Å². The molecule has 7 heteroatoms. The molecule has 1 N–H and O–H groups in total. The van der Waals surface area contributed by atoms with Gasteiger partial charge in [-0.25, -0.2) is 14.4 Å². The van der Waals surface area contributed by atoms with E-state index in [1.165, 1.54) is 29.3 Å². The van der Waals surface area contributed by atoms with Gasteiger partial charge in [0.05, 0.1) is 21.5 Å². The third-order valence-electron chi connectivity index (χ3n) is 5.86. The Morgan fingerprint density at radius 1 is 1.16 bits per heavy atom. The number of nitrogens with one attached hydrogen (secondary N) is 1. The van der Waals surface area contributed by atoms with Crippen molar-refractivity contribution >= 4 is 43.4 Å². The topological polar surface area (TPSA) is 58.1 Å². The third kappa shape index (κ3) is 3.97. The number of fused-ring (bicyclic) bond motifs is 3. The molecule has 2 aromatic heterocycles. The van der Waals surface area contributed by atoms with E-state index in [1.54, 1.807) is 6.07 Å². The van der Waals surface area contributed by atoms with E-state index in [0.717, 1.165) is 41.0 Å². The highest BCUT2D eigenvalue weighted by Crippen LogP contribution is 2.39. The number of thiophene rings is 1. The van der Waals surface area contributed by atoms with Gasteiger partial charge in [0.25, 0.3) is 0 Å². The standard InChI is InChI=1S/C24H23FN4OS/c25-18-9-4-10-19-20(18)21-22(31-19)23(28-15-27-21)29-13-5-8-17(14-29)24(30)26-12-11-16-6-2-1-3-7-16/h1-4,6-7,9-10,15,17H,5,8,11-14H2,(H,26,30). The summed E-state index contributed by atoms with van der Waals surface area (Å²) in [6.45, 7) is 2.07. The number of carbonyl (C=O) groups excluding carboxylic acids is 1. The lowest BCUT2D eigenvalue weighted by Gasteiger charge is -2.33. The van der Waals surface area contributed by atoms with E-state index < -0.39 is 0 Å². The van der Waals surface area contributed by atoms with Gasteiger partial charge >= 0.3 is 0 Å². The zero-order valence-corrected chi connectivity index (χ0v) is 17.9. The Kier molecular flexibility index (Phi) is 5.51. The molecule has 1 atom stereocenters. The summed E-state index contributed by atoms with van der Waals surface area (Å²) in [5, 5.41) is 3.65. The van der Waals surface area contributed by atoms with Crippen molar-refractivity contribution in [2.75, 3.05) is 24.5 Å². The monoisotopic (exact) mass is 434 g/mol. The molecule has 4 aromatic rings. The summed E-state index contributed by atoms with van der Waals surface area (Å²) in [7, 11) is 0. The van der Waals surface area contributed by atoms with Crippen molar-refractivity contribution in [3.63, 3.8) is 0 Å². The quantitative estimate of drug-likeness (QED) is 0.500. The maximum absolute atomic E-state index is 14.4. The number of hydrogen-bond acceptors (Lipinski definition) is 5. The maximum atomic E-state index is 14.4. The van der Waals surface area contributed by atoms with Gasteiger partial charge in [-0.05, 0) is 37.0 Å². The summed E-state index contributed by atoms with van der Waals surface area (Å²) in [5.74, 6) is 0.545. The molecule has 31 heavy (non-hydrogen) atoms. The number of benzene rings is 2. The predicted molar refractivity (Wildman–Crippen MR) is 123 cm³/mol. The van der Waals surface area contributed by atoms with Crippen LogP contribution in [0.1, 0.15) is 18.4 Å². The van der Waals surface area contributed by atoms with Crippen LogP contribution in [0.3, 0.4) is 0 Å². The van der Waals surface area contributed by atoms with Crippen LogP contribution in [0.2, 0.25) is 0 Å². The second kappa shape index (κ2) is 8.59. The fourth-order valence-electron chi connectivity index (χ4n) is 4.29. The third-order valence-corrected chi connectivity index (χ3v) is 7.00. The minimum absolute atomic E-state index is 0.0827. The Morgan fingerprint density at radius 3 is 2.90 bits per heavy atom. The van der Waals surface area contributed by atoms with Gasteiger partial charge in [-0.15, -0.1) is 11.3 Å². The second-order valence-corrected chi connectivity index (χ2v) is 8.95. The van der Waals surface area contributed by atoms with E-state index in [4.69, 9.17) is 0 Å². The Bertz CT molecular complexity index is 1230. The molecule has 1 fully saturated rings. The summed E-state index contributed by atoms with van der Waals surface area (Å²) >= 11 is 1.51. The summed E-state index contributed by atoms with van der Waals surface area (Å²) in [6, 6.07) is 15.3. The highest BCUT2D eigenvalue weighted by atomic mass is 32.1. The van der Waals surface area contributed by atoms with E-state index in [1.807, 2.05) is 24.3 Å². The number of rotatable bonds is 5. The molecule has 3 heterocycles. The van der Waals surface area contributed by atoms with Gasteiger partial charge < -0.3 is 10.2 Å². The molecule has 1 amide bonds. The number of nitrogens with zero attached hydrogens (tertiary/aromatic N) is 3. The van der Waals surface area contributed by atoms with Gasteiger partial charge in [-0.3, -0.25) is 4.79 Å². The SMILES string of the molecule is O=C(NCCc1ccccc1)C1CCCN(c2ncnc3c2sc2cccc(F)c23)C1. The lowest BCUT2D eigenvalue weighted by atomic mass is 9.97. The Morgan fingerprint density at radius 2 is 2.03 bits per heavy atom. The van der Waals surface area contributed by atoms with Gasteiger partial charge in [0.1, 0.15) is 18.0 Å². The number of halogens is 1. The fourth-order valence-corrected chi connectivity index (χ4v) is 5.48. The molecule has 158 valence electrons. The van der Waals surface area contributed by atoms with Crippen molar-refractivity contribution in [1.29, 1.82) is 0 Å². The molecule has 1 unspecified atom stereocenters. The zero-order valence-electron chi connectivity index (χ0n) is 17.1. The highest BCUT2D eigenvalue weighted by Gasteiger charge is 2.28. The van der Waals surface area contributed by atoms with E-state index in [0.29, 0.717) is 24.0 Å². The van der Waals surface area contributed by atoms with Crippen LogP contribution in [0.4, 0.5) is 10.2 Å². The molecule has 5 nitrogen and oxygen atoms in total. The van der Waals surface area contributed by atoms with E-state index in [9.17, 15) is 9.18 Å². The Labute approximate surface area is 183 Å². The lowest BCUT2D eigenvalue weighted by Crippen LogP contribution is -2.43. The predicted octanol–water partition coefficient (Wildman–Crippen LogP) is 4.56. The Balaban J connectivity index is 1.32. The van der Waals surface area contributed by atoms with Crippen LogP contribution in [-0.2, 0) is 11.2 Å². The first-order valence-electron chi connectivity index (χ1n) is 10.6. The molecule has 2 aromatic carbocycles. The van der Waals surface area contributed by atoms with E-state index >= 15 is 0 Å². The molecule has 1 saturated heterocycles. The van der Waals surface area contributed by atoms with Gasteiger partial charge in [-0.2, -0.15) is 0 Å². The zero-order chi connectivity index (χ0) is 21.2. The summed E-state index contributed by atoms with van der Waals surface area (Å²) < 4.78 is 16.2. The number of anilines is 1. The largest absolute Gasteiger partial charge is 0.355 e. The molecule has 0 saturated carbocycles. The molecule has 0 radical (unpaired) electrons. The van der Waals surface area contributed by atoms with Crippen molar-refractivity contribution in [3.8, 4) is 0 Å². The minimum atomic E-state index is -0.261. The van der Waals surface area contributed by atoms with Crippen molar-refractivity contribution < 1.29 is 9.18 Å². The van der Waals surface area contributed by atoms with Crippen molar-refractivity contribution in [2.45, 2.75) is 19.3 Å². The normalized spacial score (nSPS) is 16.7. The first-order chi connectivity index (χ1) is 15.2. The van der Waals surface area contributed by atoms with Crippen LogP contribution >= 0.6 is 11.3 Å². The molecule has 0 aliphatic carbocycles. The molecule has 0 spiro atoms. The van der Waals surface area contributed by atoms with Crippen LogP contribution in [-0.4, -0.2) is 35.5 Å². The average Bonchev–Trinajstić information content (AvgIpc) is 3.20. The van der Waals surface area contributed by atoms with E-state index in [-0.39, 0.29) is 17.6 Å². The highest BCUT2D eigenvalue weighted by molar-refractivity contribution is 7.26. The van der Waals surface area contributed by atoms with E-state index in [2.05, 4.69) is 32.3 Å². The van der Waals surface area contributed by atoms with Gasteiger partial charge in [-0.1, -0.05) is 36.4 Å². The fraction of sp³-hybridized carbons (Fsp3) is 0.292. The number of aromatic nitrogens is 2. The number of piperidine rings is 1. The molecule has 1 aliphatic heterocycles. The lowest BCUT2D eigenvalue weighted by molar-refractivity contribution is -0.125. The minimum Gasteiger partial charge on any atom is -0.355 e. The molecular weight excluding hydrogens is 411 g/mol. The maximum Gasteiger partial charge on any atom is 0.224 e. The molecule has 5 rings (SSSR count). The first kappa shape index (κ1) is 19.9. The molecule has 0 bridgehead atoms. The van der Waals surface area contributed by atoms with Crippen LogP contribution < -0.4 is 10.2 Å². The van der Waals surface area contributed by atoms with Gasteiger partial charge in [0.2, 0.25) is 5.91 Å². The van der Waals surface area contributed by atoms with Crippen LogP contribution in [0.5, 0.6) is 0 Å². The number of hydrogen-bond donors (Lipinski definition) is 1. The van der Waals surface area contributed by atoms with Crippen LogP contribution in [0.15, 0.2) is 54.9 Å². The summed E-state index contributed by atoms with van der Waals surface area (Å²) in [5.41, 5.74) is 1.87. The molecular formula is C24H23FN4OS. The first-order valence-corrected chi connectivity index (χ1v) is 11.4. The van der Waals surface area contributed by atoms with Crippen molar-refractivity contribution in [3.05, 3.63) is 66.2 Å². The van der Waals surface area contributed by atoms with Crippen LogP contribution in [0, 0.1) is 11.7 Å². The van der Waals surface area contributed by atoms with Gasteiger partial charge in [0, 0.05) is 24.3 Å². The second-order valence-electron chi connectivity index (χ2n) is 7.90. The smallest absolute Gasteiger partial charge is 0.224 e. The number of carbonyl (C=O) groups is 1. The summed E-state index contributed by atoms with van der Waals surface area (Å²) in [6.07, 6.45) is 4.10. The average molecular weight is 435 g/mol. The van der Waals surface area contributed by atoms with Crippen molar-refractivity contribution in [2.24, 2.45) is 5.92 Å². The summed E-state index contributed by atoms with van der Waals surface area (Å²) in [4.78, 5) is 23.8. The van der Waals surface area contributed by atoms with Crippen LogP contribution in [0.25, 0.3) is 20.3 Å². The number of amides is 1.